The zero-order chi connectivity index (χ0) is 13.9. The van der Waals surface area contributed by atoms with Gasteiger partial charge in [-0.2, -0.15) is 0 Å². The maximum Gasteiger partial charge on any atom is 0.339 e. The molecule has 0 heterocycles. The summed E-state index contributed by atoms with van der Waals surface area (Å²) in [6.45, 7) is 0. The van der Waals surface area contributed by atoms with Crippen molar-refractivity contribution in [1.82, 2.24) is 4.90 Å². The molecule has 2 N–H and O–H groups in total. The zero-order valence-corrected chi connectivity index (χ0v) is 10.9. The Balaban J connectivity index is 3.15. The molecule has 0 aliphatic rings. The normalized spacial score (nSPS) is 9.78. The number of benzene rings is 1. The minimum atomic E-state index is -1.15. The van der Waals surface area contributed by atoms with Gasteiger partial charge < -0.3 is 20.1 Å². The van der Waals surface area contributed by atoms with E-state index in [9.17, 15) is 9.59 Å². The molecule has 2 amide bonds. The Kier molecular flexibility index (Phi) is 4.38. The SMILES string of the molecule is COc1cc(NC(=O)N(C)C)c(Cl)cc1C(=O)O. The molecule has 6 nitrogen and oxygen atoms in total. The second-order valence-electron chi connectivity index (χ2n) is 3.66. The minimum absolute atomic E-state index is 0.0645. The van der Waals surface area contributed by atoms with Gasteiger partial charge in [0.2, 0.25) is 0 Å². The number of ether oxygens (including phenoxy) is 1. The molecule has 0 fully saturated rings. The van der Waals surface area contributed by atoms with Gasteiger partial charge in [0.05, 0.1) is 17.8 Å². The predicted molar refractivity (Wildman–Crippen MR) is 67.7 cm³/mol. The van der Waals surface area contributed by atoms with Gasteiger partial charge >= 0.3 is 12.0 Å². The number of carboxylic acid groups (broad SMARTS) is 1. The van der Waals surface area contributed by atoms with Gasteiger partial charge in [-0.15, -0.1) is 0 Å². The Bertz CT molecular complexity index is 488. The fourth-order valence-corrected chi connectivity index (χ4v) is 1.42. The summed E-state index contributed by atoms with van der Waals surface area (Å²) in [5, 5.41) is 11.6. The molecule has 0 aromatic heterocycles. The molecule has 18 heavy (non-hydrogen) atoms. The first-order chi connectivity index (χ1) is 8.36. The number of carbonyl (C=O) groups excluding carboxylic acids is 1. The van der Waals surface area contributed by atoms with Crippen LogP contribution in [0.2, 0.25) is 5.02 Å². The molecule has 1 aromatic rings. The maximum atomic E-state index is 11.5. The highest BCUT2D eigenvalue weighted by Gasteiger charge is 2.16. The Labute approximate surface area is 109 Å². The van der Waals surface area contributed by atoms with E-state index in [0.717, 1.165) is 0 Å². The fraction of sp³-hybridized carbons (Fsp3) is 0.273. The second-order valence-corrected chi connectivity index (χ2v) is 4.07. The number of aromatic carboxylic acids is 1. The summed E-state index contributed by atoms with van der Waals surface area (Å²) >= 11 is 5.90. The first-order valence-electron chi connectivity index (χ1n) is 4.96. The largest absolute Gasteiger partial charge is 0.496 e. The molecule has 0 radical (unpaired) electrons. The van der Waals surface area contributed by atoms with Crippen molar-refractivity contribution in [3.8, 4) is 5.75 Å². The lowest BCUT2D eigenvalue weighted by Gasteiger charge is -2.14. The topological polar surface area (TPSA) is 78.9 Å². The molecule has 1 aromatic carbocycles. The summed E-state index contributed by atoms with van der Waals surface area (Å²) in [4.78, 5) is 23.7. The molecule has 0 spiro atoms. The predicted octanol–water partition coefficient (Wildman–Crippen LogP) is 2.14. The van der Waals surface area contributed by atoms with Crippen LogP contribution in [-0.2, 0) is 0 Å². The van der Waals surface area contributed by atoms with E-state index in [1.807, 2.05) is 0 Å². The van der Waals surface area contributed by atoms with E-state index in [1.54, 1.807) is 14.1 Å². The highest BCUT2D eigenvalue weighted by atomic mass is 35.5. The fourth-order valence-electron chi connectivity index (χ4n) is 1.21. The summed E-state index contributed by atoms with van der Waals surface area (Å²) in [5.41, 5.74) is 0.225. The number of rotatable bonds is 3. The Morgan fingerprint density at radius 3 is 2.44 bits per heavy atom. The number of anilines is 1. The Morgan fingerprint density at radius 1 is 1.39 bits per heavy atom. The lowest BCUT2D eigenvalue weighted by atomic mass is 10.2. The maximum absolute atomic E-state index is 11.5. The average molecular weight is 273 g/mol. The van der Waals surface area contributed by atoms with Crippen molar-refractivity contribution in [3.63, 3.8) is 0 Å². The van der Waals surface area contributed by atoms with E-state index in [4.69, 9.17) is 21.4 Å². The first kappa shape index (κ1) is 14.1. The van der Waals surface area contributed by atoms with Crippen LogP contribution in [0.4, 0.5) is 10.5 Å². The Hall–Kier alpha value is -1.95. The monoisotopic (exact) mass is 272 g/mol. The molecule has 1 rings (SSSR count). The number of nitrogens with zero attached hydrogens (tertiary/aromatic N) is 1. The third-order valence-corrected chi connectivity index (χ3v) is 2.48. The molecule has 0 unspecified atom stereocenters. The molecule has 98 valence electrons. The molecule has 7 heteroatoms. The van der Waals surface area contributed by atoms with Crippen LogP contribution in [0.1, 0.15) is 10.4 Å². The van der Waals surface area contributed by atoms with E-state index in [2.05, 4.69) is 5.32 Å². The molecule has 0 saturated heterocycles. The van der Waals surface area contributed by atoms with Crippen LogP contribution in [0.25, 0.3) is 0 Å². The van der Waals surface area contributed by atoms with Gasteiger partial charge in [-0.25, -0.2) is 9.59 Å². The quantitative estimate of drug-likeness (QED) is 0.883. The third-order valence-electron chi connectivity index (χ3n) is 2.17. The number of methoxy groups -OCH3 is 1. The van der Waals surface area contributed by atoms with Crippen molar-refractivity contribution >= 4 is 29.3 Å². The van der Waals surface area contributed by atoms with Crippen LogP contribution in [-0.4, -0.2) is 43.2 Å². The molecule has 0 aliphatic heterocycles. The van der Waals surface area contributed by atoms with Crippen LogP contribution in [0.15, 0.2) is 12.1 Å². The van der Waals surface area contributed by atoms with Gasteiger partial charge in [0.25, 0.3) is 0 Å². The number of carbonyl (C=O) groups is 2. The third kappa shape index (κ3) is 3.04. The number of carboxylic acids is 1. The van der Waals surface area contributed by atoms with E-state index < -0.39 is 5.97 Å². The molecule has 0 bridgehead atoms. The lowest BCUT2D eigenvalue weighted by molar-refractivity contribution is 0.0693. The molecular formula is C11H13ClN2O4. The molecule has 0 saturated carbocycles. The second kappa shape index (κ2) is 5.59. The van der Waals surface area contributed by atoms with Crippen molar-refractivity contribution in [2.75, 3.05) is 26.5 Å². The zero-order valence-electron chi connectivity index (χ0n) is 10.2. The summed E-state index contributed by atoms with van der Waals surface area (Å²) in [5.74, 6) is -1.03. The van der Waals surface area contributed by atoms with Crippen molar-refractivity contribution in [2.45, 2.75) is 0 Å². The van der Waals surface area contributed by atoms with Crippen LogP contribution in [0.3, 0.4) is 0 Å². The highest BCUT2D eigenvalue weighted by molar-refractivity contribution is 6.34. The number of amides is 2. The number of urea groups is 1. The van der Waals surface area contributed by atoms with Crippen LogP contribution >= 0.6 is 11.6 Å². The van der Waals surface area contributed by atoms with E-state index in [1.165, 1.54) is 24.1 Å². The van der Waals surface area contributed by atoms with Crippen LogP contribution in [0, 0.1) is 0 Å². The molecular weight excluding hydrogens is 260 g/mol. The number of hydrogen-bond donors (Lipinski definition) is 2. The summed E-state index contributed by atoms with van der Waals surface area (Å²) in [6, 6.07) is 2.23. The van der Waals surface area contributed by atoms with Crippen LogP contribution in [0.5, 0.6) is 5.75 Å². The van der Waals surface area contributed by atoms with Gasteiger partial charge in [-0.05, 0) is 6.07 Å². The van der Waals surface area contributed by atoms with Crippen molar-refractivity contribution in [1.29, 1.82) is 0 Å². The minimum Gasteiger partial charge on any atom is -0.496 e. The summed E-state index contributed by atoms with van der Waals surface area (Å²) in [7, 11) is 4.49. The lowest BCUT2D eigenvalue weighted by Crippen LogP contribution is -2.27. The summed E-state index contributed by atoms with van der Waals surface area (Å²) in [6.07, 6.45) is 0. The van der Waals surface area contributed by atoms with Gasteiger partial charge in [-0.3, -0.25) is 0 Å². The molecule has 0 aliphatic carbocycles. The average Bonchev–Trinajstić information content (AvgIpc) is 2.30. The highest BCUT2D eigenvalue weighted by Crippen LogP contribution is 2.31. The first-order valence-corrected chi connectivity index (χ1v) is 5.33. The van der Waals surface area contributed by atoms with E-state index in [-0.39, 0.29) is 28.1 Å². The number of halogens is 1. The van der Waals surface area contributed by atoms with Crippen LogP contribution < -0.4 is 10.1 Å². The molecule has 0 atom stereocenters. The van der Waals surface area contributed by atoms with E-state index in [0.29, 0.717) is 0 Å². The Morgan fingerprint density at radius 2 is 2.00 bits per heavy atom. The number of nitrogens with one attached hydrogen (secondary N) is 1. The van der Waals surface area contributed by atoms with Crippen molar-refractivity contribution in [2.24, 2.45) is 0 Å². The number of hydrogen-bond acceptors (Lipinski definition) is 3. The van der Waals surface area contributed by atoms with Gasteiger partial charge in [0, 0.05) is 20.2 Å². The van der Waals surface area contributed by atoms with E-state index >= 15 is 0 Å². The smallest absolute Gasteiger partial charge is 0.339 e. The summed E-state index contributed by atoms with van der Waals surface area (Å²) < 4.78 is 4.94. The van der Waals surface area contributed by atoms with Gasteiger partial charge in [0.1, 0.15) is 11.3 Å². The standard InChI is InChI=1S/C11H13ClN2O4/c1-14(2)11(17)13-8-5-9(18-3)6(10(15)16)4-7(8)12/h4-5H,1-3H3,(H,13,17)(H,15,16). The van der Waals surface area contributed by atoms with Crippen molar-refractivity contribution < 1.29 is 19.4 Å². The van der Waals surface area contributed by atoms with Gasteiger partial charge in [0.15, 0.2) is 0 Å². The van der Waals surface area contributed by atoms with Gasteiger partial charge in [-0.1, -0.05) is 11.6 Å². The van der Waals surface area contributed by atoms with Crippen molar-refractivity contribution in [3.05, 3.63) is 22.7 Å².